The maximum atomic E-state index is 12.2. The van der Waals surface area contributed by atoms with Crippen LogP contribution >= 0.6 is 11.8 Å². The van der Waals surface area contributed by atoms with E-state index in [1.165, 1.54) is 16.7 Å². The fourth-order valence-electron chi connectivity index (χ4n) is 2.33. The lowest BCUT2D eigenvalue weighted by atomic mass is 10.2. The van der Waals surface area contributed by atoms with Crippen molar-refractivity contribution in [2.45, 2.75) is 38.3 Å². The number of nitrogens with zero attached hydrogens (tertiary/aromatic N) is 3. The summed E-state index contributed by atoms with van der Waals surface area (Å²) < 4.78 is 5.37. The molecule has 0 radical (unpaired) electrons. The molecule has 3 amide bonds. The zero-order valence-electron chi connectivity index (χ0n) is 13.4. The molecule has 10 heteroatoms. The topological polar surface area (TPSA) is 140 Å². The first kappa shape index (κ1) is 17.3. The highest BCUT2D eigenvalue weighted by molar-refractivity contribution is 8.03. The monoisotopic (exact) mass is 342 g/mol. The average Bonchev–Trinajstić information content (AvgIpc) is 2.72. The van der Waals surface area contributed by atoms with Crippen LogP contribution in [0.1, 0.15) is 27.2 Å². The van der Waals surface area contributed by atoms with Crippen molar-refractivity contribution in [2.24, 2.45) is 22.2 Å². The van der Waals surface area contributed by atoms with E-state index in [0.717, 1.165) is 10.6 Å². The number of urea groups is 1. The largest absolute Gasteiger partial charge is 0.444 e. The highest BCUT2D eigenvalue weighted by Crippen LogP contribution is 2.42. The minimum Gasteiger partial charge on any atom is -0.444 e. The molecule has 1 atom stereocenters. The molecule has 6 N–H and O–H groups in total. The number of hydrogen-bond acceptors (Lipinski definition) is 5. The molecule has 0 aromatic heterocycles. The minimum atomic E-state index is -0.624. The SMILES string of the molecule is CC(C)(C)OC(=O)N1CCC2=C(C1)SC(N=C(N)N)N2C(N)=O. The van der Waals surface area contributed by atoms with Gasteiger partial charge in [-0.25, -0.2) is 14.6 Å². The molecule has 2 aliphatic heterocycles. The number of ether oxygens (including phenoxy) is 1. The van der Waals surface area contributed by atoms with Crippen molar-refractivity contribution < 1.29 is 14.3 Å². The fourth-order valence-corrected chi connectivity index (χ4v) is 3.67. The number of hydrogen-bond donors (Lipinski definition) is 3. The Morgan fingerprint density at radius 2 is 1.96 bits per heavy atom. The normalized spacial score (nSPS) is 21.1. The van der Waals surface area contributed by atoms with Gasteiger partial charge in [-0.05, 0) is 20.8 Å². The lowest BCUT2D eigenvalue weighted by molar-refractivity contribution is 0.0260. The third-order valence-corrected chi connectivity index (χ3v) is 4.36. The molecular weight excluding hydrogens is 320 g/mol. The van der Waals surface area contributed by atoms with Crippen LogP contribution in [0.3, 0.4) is 0 Å². The molecule has 128 valence electrons. The molecule has 2 rings (SSSR count). The number of aliphatic imine (C=N–C) groups is 1. The van der Waals surface area contributed by atoms with Crippen molar-refractivity contribution in [2.75, 3.05) is 13.1 Å². The van der Waals surface area contributed by atoms with Crippen LogP contribution in [0, 0.1) is 0 Å². The molecule has 0 aromatic rings. The van der Waals surface area contributed by atoms with Crippen molar-refractivity contribution >= 4 is 29.8 Å². The Kier molecular flexibility index (Phi) is 4.64. The van der Waals surface area contributed by atoms with Crippen LogP contribution in [0.4, 0.5) is 9.59 Å². The number of carbonyl (C=O) groups is 2. The highest BCUT2D eigenvalue weighted by Gasteiger charge is 2.40. The number of amides is 3. The molecule has 0 saturated carbocycles. The van der Waals surface area contributed by atoms with Gasteiger partial charge in [-0.1, -0.05) is 11.8 Å². The first-order valence-electron chi connectivity index (χ1n) is 7.12. The Morgan fingerprint density at radius 3 is 2.48 bits per heavy atom. The van der Waals surface area contributed by atoms with Crippen LogP contribution in [0.15, 0.2) is 15.6 Å². The average molecular weight is 342 g/mol. The van der Waals surface area contributed by atoms with Crippen molar-refractivity contribution in [1.29, 1.82) is 0 Å². The van der Waals surface area contributed by atoms with E-state index in [0.29, 0.717) is 19.5 Å². The van der Waals surface area contributed by atoms with Crippen LogP contribution in [0.5, 0.6) is 0 Å². The third kappa shape index (κ3) is 4.01. The van der Waals surface area contributed by atoms with E-state index in [1.54, 1.807) is 4.90 Å². The standard InChI is InChI=1S/C13H22N6O3S/c1-13(2,3)22-12(21)18-5-4-7-8(6-18)23-11(17-9(14)15)19(7)10(16)20/h11H,4-6H2,1-3H3,(H2,16,20)(H4,14,15,17). The maximum Gasteiger partial charge on any atom is 0.410 e. The van der Waals surface area contributed by atoms with Gasteiger partial charge in [0.05, 0.1) is 6.54 Å². The van der Waals surface area contributed by atoms with Gasteiger partial charge in [0.1, 0.15) is 5.60 Å². The molecule has 23 heavy (non-hydrogen) atoms. The smallest absolute Gasteiger partial charge is 0.410 e. The number of carbonyl (C=O) groups excluding carboxylic acids is 2. The summed E-state index contributed by atoms with van der Waals surface area (Å²) in [4.78, 5) is 31.7. The van der Waals surface area contributed by atoms with Crippen LogP contribution in [-0.2, 0) is 4.74 Å². The lowest BCUT2D eigenvalue weighted by Gasteiger charge is -2.31. The molecule has 0 spiro atoms. The number of rotatable bonds is 1. The van der Waals surface area contributed by atoms with Gasteiger partial charge in [0, 0.05) is 23.6 Å². The zero-order chi connectivity index (χ0) is 17.4. The van der Waals surface area contributed by atoms with Gasteiger partial charge < -0.3 is 26.8 Å². The number of thioether (sulfide) groups is 1. The summed E-state index contributed by atoms with van der Waals surface area (Å²) >= 11 is 1.31. The Hall–Kier alpha value is -2.10. The third-order valence-electron chi connectivity index (χ3n) is 3.18. The molecule has 0 bridgehead atoms. The van der Waals surface area contributed by atoms with Gasteiger partial charge >= 0.3 is 12.1 Å². The molecule has 2 heterocycles. The maximum absolute atomic E-state index is 12.2. The summed E-state index contributed by atoms with van der Waals surface area (Å²) in [7, 11) is 0. The quantitative estimate of drug-likeness (QED) is 0.469. The van der Waals surface area contributed by atoms with Gasteiger partial charge in [-0.15, -0.1) is 0 Å². The second-order valence-corrected chi connectivity index (χ2v) is 7.38. The van der Waals surface area contributed by atoms with E-state index in [-0.39, 0.29) is 12.1 Å². The van der Waals surface area contributed by atoms with Gasteiger partial charge in [-0.3, -0.25) is 4.90 Å². The Labute approximate surface area is 138 Å². The molecule has 2 aliphatic rings. The lowest BCUT2D eigenvalue weighted by Crippen LogP contribution is -2.43. The molecule has 9 nitrogen and oxygen atoms in total. The van der Waals surface area contributed by atoms with Crippen LogP contribution in [-0.4, -0.2) is 52.1 Å². The Balaban J connectivity index is 2.15. The van der Waals surface area contributed by atoms with Crippen molar-refractivity contribution in [3.8, 4) is 0 Å². The van der Waals surface area contributed by atoms with Crippen molar-refractivity contribution in [3.05, 3.63) is 10.6 Å². The first-order valence-corrected chi connectivity index (χ1v) is 8.00. The summed E-state index contributed by atoms with van der Waals surface area (Å²) in [5, 5.41) is 0. The Morgan fingerprint density at radius 1 is 1.30 bits per heavy atom. The van der Waals surface area contributed by atoms with Crippen LogP contribution in [0.2, 0.25) is 0 Å². The predicted molar refractivity (Wildman–Crippen MR) is 88.1 cm³/mol. The summed E-state index contributed by atoms with van der Waals surface area (Å²) in [6, 6.07) is -0.622. The van der Waals surface area contributed by atoms with E-state index >= 15 is 0 Å². The molecule has 0 saturated heterocycles. The number of guanidine groups is 1. The van der Waals surface area contributed by atoms with Crippen molar-refractivity contribution in [3.63, 3.8) is 0 Å². The highest BCUT2D eigenvalue weighted by atomic mass is 32.2. The van der Waals surface area contributed by atoms with Gasteiger partial charge in [0.25, 0.3) is 0 Å². The van der Waals surface area contributed by atoms with Crippen molar-refractivity contribution in [1.82, 2.24) is 9.80 Å². The predicted octanol–water partition coefficient (Wildman–Crippen LogP) is 0.523. The second-order valence-electron chi connectivity index (χ2n) is 6.23. The zero-order valence-corrected chi connectivity index (χ0v) is 14.2. The van der Waals surface area contributed by atoms with E-state index in [2.05, 4.69) is 4.99 Å². The Bertz CT molecular complexity index is 579. The molecular formula is C13H22N6O3S. The fraction of sp³-hybridized carbons (Fsp3) is 0.615. The van der Waals surface area contributed by atoms with E-state index in [9.17, 15) is 9.59 Å². The van der Waals surface area contributed by atoms with Gasteiger partial charge in [0.2, 0.25) is 0 Å². The molecule has 0 aromatic carbocycles. The number of nitrogens with two attached hydrogens (primary N) is 3. The summed E-state index contributed by atoms with van der Waals surface area (Å²) in [6.07, 6.45) is 0.0987. The van der Waals surface area contributed by atoms with Gasteiger partial charge in [-0.2, -0.15) is 0 Å². The molecule has 0 fully saturated rings. The van der Waals surface area contributed by atoms with E-state index < -0.39 is 17.1 Å². The second kappa shape index (κ2) is 6.19. The van der Waals surface area contributed by atoms with Crippen LogP contribution in [0.25, 0.3) is 0 Å². The van der Waals surface area contributed by atoms with Gasteiger partial charge in [0.15, 0.2) is 11.5 Å². The summed E-state index contributed by atoms with van der Waals surface area (Å²) in [6.45, 7) is 6.22. The summed E-state index contributed by atoms with van der Waals surface area (Å²) in [5.41, 5.74) is 15.8. The first-order chi connectivity index (χ1) is 10.6. The number of primary amides is 1. The minimum absolute atomic E-state index is 0.127. The van der Waals surface area contributed by atoms with E-state index in [1.807, 2.05) is 20.8 Å². The van der Waals surface area contributed by atoms with Crippen LogP contribution < -0.4 is 17.2 Å². The molecule has 0 aliphatic carbocycles. The van der Waals surface area contributed by atoms with E-state index in [4.69, 9.17) is 21.9 Å². The molecule has 1 unspecified atom stereocenters. The summed E-state index contributed by atoms with van der Waals surface area (Å²) in [5.74, 6) is -0.127.